The van der Waals surface area contributed by atoms with Crippen molar-refractivity contribution in [3.8, 4) is 0 Å². The van der Waals surface area contributed by atoms with Crippen LogP contribution in [-0.4, -0.2) is 5.78 Å². The summed E-state index contributed by atoms with van der Waals surface area (Å²) >= 11 is 1.64. The molecule has 2 N–H and O–H groups in total. The zero-order chi connectivity index (χ0) is 20.0. The fourth-order valence-corrected chi connectivity index (χ4v) is 5.02. The number of halogens is 2. The molecule has 3 nitrogen and oxygen atoms in total. The Morgan fingerprint density at radius 2 is 1.79 bits per heavy atom. The summed E-state index contributed by atoms with van der Waals surface area (Å²) in [6.45, 7) is 0. The van der Waals surface area contributed by atoms with E-state index < -0.39 is 17.7 Å². The molecule has 0 spiro atoms. The Morgan fingerprint density at radius 1 is 0.966 bits per heavy atom. The van der Waals surface area contributed by atoms with Crippen LogP contribution in [0.25, 0.3) is 0 Å². The topological polar surface area (TPSA) is 41.1 Å². The van der Waals surface area contributed by atoms with Crippen LogP contribution in [0.4, 0.5) is 20.2 Å². The lowest BCUT2D eigenvalue weighted by atomic mass is 9.80. The maximum absolute atomic E-state index is 14.7. The number of ketones is 1. The van der Waals surface area contributed by atoms with E-state index in [1.165, 1.54) is 6.07 Å². The Morgan fingerprint density at radius 3 is 2.59 bits per heavy atom. The molecule has 29 heavy (non-hydrogen) atoms. The van der Waals surface area contributed by atoms with Crippen molar-refractivity contribution < 1.29 is 13.6 Å². The normalized spacial score (nSPS) is 21.0. The molecule has 2 heterocycles. The first-order chi connectivity index (χ1) is 14.1. The van der Waals surface area contributed by atoms with Gasteiger partial charge in [0.2, 0.25) is 0 Å². The lowest BCUT2D eigenvalue weighted by molar-refractivity contribution is -0.116. The van der Waals surface area contributed by atoms with E-state index in [1.807, 2.05) is 41.8 Å². The van der Waals surface area contributed by atoms with Crippen LogP contribution in [0.2, 0.25) is 0 Å². The monoisotopic (exact) mass is 408 g/mol. The summed E-state index contributed by atoms with van der Waals surface area (Å²) < 4.78 is 28.6. The minimum absolute atomic E-state index is 0.0499. The minimum Gasteiger partial charge on any atom is -0.372 e. The van der Waals surface area contributed by atoms with E-state index >= 15 is 0 Å². The molecule has 5 rings (SSSR count). The van der Waals surface area contributed by atoms with Gasteiger partial charge in [-0.05, 0) is 48.2 Å². The number of carbonyl (C=O) groups is 1. The van der Waals surface area contributed by atoms with Gasteiger partial charge in [0.15, 0.2) is 5.78 Å². The van der Waals surface area contributed by atoms with Crippen molar-refractivity contribution in [1.82, 2.24) is 0 Å². The third-order valence-corrected chi connectivity index (χ3v) is 6.56. The number of anilines is 2. The van der Waals surface area contributed by atoms with Crippen molar-refractivity contribution in [2.24, 2.45) is 0 Å². The summed E-state index contributed by atoms with van der Waals surface area (Å²) in [6.07, 6.45) is 0.998. The Bertz CT molecular complexity index is 1120. The summed E-state index contributed by atoms with van der Waals surface area (Å²) in [7, 11) is 0. The van der Waals surface area contributed by atoms with Crippen molar-refractivity contribution in [3.05, 3.63) is 93.3 Å². The average molecular weight is 408 g/mol. The van der Waals surface area contributed by atoms with E-state index in [0.29, 0.717) is 18.4 Å². The Labute approximate surface area is 171 Å². The summed E-state index contributed by atoms with van der Waals surface area (Å²) in [5.41, 5.74) is 2.96. The molecular weight excluding hydrogens is 390 g/mol. The number of carbonyl (C=O) groups excluding carboxylic acids is 1. The summed E-state index contributed by atoms with van der Waals surface area (Å²) in [5.74, 6) is -1.04. The second-order valence-electron chi connectivity index (χ2n) is 7.35. The van der Waals surface area contributed by atoms with Crippen LogP contribution in [0.3, 0.4) is 0 Å². The lowest BCUT2D eigenvalue weighted by Crippen LogP contribution is -2.27. The average Bonchev–Trinajstić information content (AvgIpc) is 3.19. The third-order valence-electron chi connectivity index (χ3n) is 5.52. The fraction of sp³-hybridized carbons (Fsp3) is 0.174. The van der Waals surface area contributed by atoms with Crippen LogP contribution in [0.1, 0.15) is 35.2 Å². The van der Waals surface area contributed by atoms with E-state index in [-0.39, 0.29) is 17.3 Å². The van der Waals surface area contributed by atoms with Gasteiger partial charge >= 0.3 is 0 Å². The van der Waals surface area contributed by atoms with Gasteiger partial charge in [0, 0.05) is 34.0 Å². The van der Waals surface area contributed by atoms with Crippen molar-refractivity contribution in [3.63, 3.8) is 0 Å². The molecule has 0 saturated carbocycles. The number of rotatable bonds is 2. The highest BCUT2D eigenvalue weighted by molar-refractivity contribution is 7.10. The number of para-hydroxylation sites is 2. The molecule has 2 atom stereocenters. The molecule has 2 unspecified atom stereocenters. The van der Waals surface area contributed by atoms with Crippen molar-refractivity contribution in [1.29, 1.82) is 0 Å². The van der Waals surface area contributed by atoms with Crippen molar-refractivity contribution >= 4 is 28.5 Å². The van der Waals surface area contributed by atoms with Crippen molar-refractivity contribution in [2.45, 2.75) is 24.8 Å². The Balaban J connectivity index is 1.66. The number of allylic oxidation sites excluding steroid dienone is 1. The number of nitrogens with one attached hydrogen (secondary N) is 2. The van der Waals surface area contributed by atoms with Gasteiger partial charge in [-0.3, -0.25) is 4.79 Å². The maximum Gasteiger partial charge on any atom is 0.163 e. The highest BCUT2D eigenvalue weighted by Gasteiger charge is 2.37. The molecular formula is C23H18F2N2OS. The van der Waals surface area contributed by atoms with Crippen LogP contribution in [0.5, 0.6) is 0 Å². The van der Waals surface area contributed by atoms with Gasteiger partial charge in [0.05, 0.1) is 17.4 Å². The van der Waals surface area contributed by atoms with E-state index in [4.69, 9.17) is 0 Å². The quantitative estimate of drug-likeness (QED) is 0.546. The smallest absolute Gasteiger partial charge is 0.163 e. The van der Waals surface area contributed by atoms with Gasteiger partial charge in [0.25, 0.3) is 0 Å². The second kappa shape index (κ2) is 7.12. The van der Waals surface area contributed by atoms with Crippen LogP contribution in [-0.2, 0) is 4.79 Å². The Kier molecular flexibility index (Phi) is 4.43. The summed E-state index contributed by atoms with van der Waals surface area (Å²) in [5, 5.41) is 8.69. The first kappa shape index (κ1) is 18.1. The minimum atomic E-state index is -0.756. The van der Waals surface area contributed by atoms with Gasteiger partial charge in [0.1, 0.15) is 11.6 Å². The largest absolute Gasteiger partial charge is 0.372 e. The highest BCUT2D eigenvalue weighted by atomic mass is 32.1. The van der Waals surface area contributed by atoms with Crippen LogP contribution >= 0.6 is 11.3 Å². The fourth-order valence-electron chi connectivity index (χ4n) is 4.19. The molecule has 6 heteroatoms. The molecule has 1 aliphatic heterocycles. The molecule has 2 aliphatic rings. The number of hydrogen-bond acceptors (Lipinski definition) is 4. The molecule has 1 aromatic heterocycles. The first-order valence-corrected chi connectivity index (χ1v) is 10.4. The zero-order valence-electron chi connectivity index (χ0n) is 15.4. The van der Waals surface area contributed by atoms with E-state index in [1.54, 1.807) is 11.3 Å². The first-order valence-electron chi connectivity index (χ1n) is 9.47. The van der Waals surface area contributed by atoms with Crippen LogP contribution in [0.15, 0.2) is 71.2 Å². The second-order valence-corrected chi connectivity index (χ2v) is 8.33. The van der Waals surface area contributed by atoms with E-state index in [2.05, 4.69) is 10.6 Å². The molecule has 2 aromatic carbocycles. The number of fused-ring (bicyclic) bond motifs is 1. The predicted molar refractivity (Wildman–Crippen MR) is 111 cm³/mol. The lowest BCUT2D eigenvalue weighted by Gasteiger charge is -2.29. The van der Waals surface area contributed by atoms with Crippen LogP contribution < -0.4 is 10.6 Å². The van der Waals surface area contributed by atoms with E-state index in [9.17, 15) is 13.6 Å². The molecule has 0 amide bonds. The molecule has 1 aliphatic carbocycles. The van der Waals surface area contributed by atoms with Gasteiger partial charge < -0.3 is 10.6 Å². The Hall–Kier alpha value is -2.99. The standard InChI is InChI=1S/C23H18F2N2OS/c24-14-7-8-16(25)15(12-14)23-22-19(26-17-4-1-2-5-18(17)27-23)10-13(11-20(22)28)21-6-3-9-29-21/h1-9,12-13,23,26-27H,10-11H2. The number of benzene rings is 2. The molecule has 3 aromatic rings. The van der Waals surface area contributed by atoms with Crippen molar-refractivity contribution in [2.75, 3.05) is 10.6 Å². The van der Waals surface area contributed by atoms with Gasteiger partial charge in [-0.2, -0.15) is 0 Å². The van der Waals surface area contributed by atoms with Gasteiger partial charge in [-0.15, -0.1) is 11.3 Å². The molecule has 0 fully saturated rings. The summed E-state index contributed by atoms with van der Waals surface area (Å²) in [4.78, 5) is 14.4. The molecule has 0 bridgehead atoms. The molecule has 146 valence electrons. The molecule has 0 radical (unpaired) electrons. The SMILES string of the molecule is O=C1CC(c2cccs2)CC2=C1C(c1cc(F)ccc1F)Nc1ccccc1N2. The zero-order valence-corrected chi connectivity index (χ0v) is 16.2. The highest BCUT2D eigenvalue weighted by Crippen LogP contribution is 2.45. The third kappa shape index (κ3) is 3.23. The number of thiophene rings is 1. The predicted octanol–water partition coefficient (Wildman–Crippen LogP) is 6.01. The maximum atomic E-state index is 14.7. The summed E-state index contributed by atoms with van der Waals surface area (Å²) in [6, 6.07) is 14.2. The van der Waals surface area contributed by atoms with Crippen LogP contribution in [0, 0.1) is 11.6 Å². The molecule has 0 saturated heterocycles. The van der Waals surface area contributed by atoms with E-state index in [0.717, 1.165) is 34.1 Å². The van der Waals surface area contributed by atoms with Gasteiger partial charge in [-0.1, -0.05) is 18.2 Å². The number of hydrogen-bond donors (Lipinski definition) is 2. The van der Waals surface area contributed by atoms with Gasteiger partial charge in [-0.25, -0.2) is 8.78 Å². The number of Topliss-reactive ketones (excluding diaryl/α,β-unsaturated/α-hetero) is 1.